The summed E-state index contributed by atoms with van der Waals surface area (Å²) in [7, 11) is 1.60. The zero-order chi connectivity index (χ0) is 22.1. The van der Waals surface area contributed by atoms with Crippen LogP contribution in [0.15, 0.2) is 53.4 Å². The van der Waals surface area contributed by atoms with Gasteiger partial charge in [-0.3, -0.25) is 9.59 Å². The summed E-state index contributed by atoms with van der Waals surface area (Å²) in [6.45, 7) is 6.73. The van der Waals surface area contributed by atoms with Crippen molar-refractivity contribution in [2.75, 3.05) is 19.4 Å². The number of ether oxygens (including phenoxy) is 1. The smallest absolute Gasteiger partial charge is 0.242 e. The molecule has 1 N–H and O–H groups in total. The molecule has 0 fully saturated rings. The molecule has 2 rings (SSSR count). The van der Waals surface area contributed by atoms with Crippen molar-refractivity contribution in [2.24, 2.45) is 5.92 Å². The predicted molar refractivity (Wildman–Crippen MR) is 123 cm³/mol. The summed E-state index contributed by atoms with van der Waals surface area (Å²) in [5, 5.41) is 3.58. The summed E-state index contributed by atoms with van der Waals surface area (Å²) in [6, 6.07) is 14.3. The van der Waals surface area contributed by atoms with Crippen LogP contribution in [0.1, 0.15) is 26.3 Å². The van der Waals surface area contributed by atoms with Gasteiger partial charge < -0.3 is 15.0 Å². The molecule has 7 heteroatoms. The van der Waals surface area contributed by atoms with Crippen LogP contribution in [0, 0.1) is 5.92 Å². The van der Waals surface area contributed by atoms with Gasteiger partial charge in [0.2, 0.25) is 11.8 Å². The number of thioether (sulfide) groups is 1. The summed E-state index contributed by atoms with van der Waals surface area (Å²) >= 11 is 7.35. The second kappa shape index (κ2) is 11.9. The van der Waals surface area contributed by atoms with E-state index >= 15 is 0 Å². The second-order valence-corrected chi connectivity index (χ2v) is 8.92. The predicted octanol–water partition coefficient (Wildman–Crippen LogP) is 4.63. The Hall–Kier alpha value is -2.18. The van der Waals surface area contributed by atoms with Crippen molar-refractivity contribution in [3.05, 3.63) is 59.1 Å². The summed E-state index contributed by atoms with van der Waals surface area (Å²) in [4.78, 5) is 28.3. The normalized spacial score (nSPS) is 11.8. The Balaban J connectivity index is 2.14. The van der Waals surface area contributed by atoms with Gasteiger partial charge in [-0.05, 0) is 54.8 Å². The first-order chi connectivity index (χ1) is 14.3. The zero-order valence-corrected chi connectivity index (χ0v) is 19.4. The lowest BCUT2D eigenvalue weighted by Gasteiger charge is -2.29. The Morgan fingerprint density at radius 3 is 2.47 bits per heavy atom. The molecule has 0 heterocycles. The SMILES string of the molecule is COc1cccc(CN(C(=O)CSc2ccc(Cl)cc2)[C@@H](C)C(=O)NCC(C)C)c1. The molecule has 30 heavy (non-hydrogen) atoms. The number of carbonyl (C=O) groups excluding carboxylic acids is 2. The molecule has 0 aromatic heterocycles. The fraction of sp³-hybridized carbons (Fsp3) is 0.391. The van der Waals surface area contributed by atoms with Crippen LogP contribution in [-0.2, 0) is 16.1 Å². The molecule has 0 aliphatic carbocycles. The molecule has 5 nitrogen and oxygen atoms in total. The number of amides is 2. The van der Waals surface area contributed by atoms with Gasteiger partial charge in [-0.25, -0.2) is 0 Å². The van der Waals surface area contributed by atoms with Gasteiger partial charge in [-0.2, -0.15) is 0 Å². The summed E-state index contributed by atoms with van der Waals surface area (Å²) in [6.07, 6.45) is 0. The van der Waals surface area contributed by atoms with E-state index < -0.39 is 6.04 Å². The largest absolute Gasteiger partial charge is 0.497 e. The zero-order valence-electron chi connectivity index (χ0n) is 17.9. The molecule has 0 aliphatic rings. The van der Waals surface area contributed by atoms with E-state index in [4.69, 9.17) is 16.3 Å². The number of hydrogen-bond donors (Lipinski definition) is 1. The third-order valence-corrected chi connectivity index (χ3v) is 5.76. The third kappa shape index (κ3) is 7.58. The highest BCUT2D eigenvalue weighted by molar-refractivity contribution is 8.00. The molecule has 0 unspecified atom stereocenters. The van der Waals surface area contributed by atoms with Crippen LogP contribution in [-0.4, -0.2) is 42.2 Å². The summed E-state index contributed by atoms with van der Waals surface area (Å²) in [5.41, 5.74) is 0.905. The lowest BCUT2D eigenvalue weighted by Crippen LogP contribution is -2.48. The highest BCUT2D eigenvalue weighted by atomic mass is 35.5. The van der Waals surface area contributed by atoms with Crippen LogP contribution in [0.25, 0.3) is 0 Å². The van der Waals surface area contributed by atoms with Crippen molar-refractivity contribution in [1.82, 2.24) is 10.2 Å². The van der Waals surface area contributed by atoms with E-state index in [-0.39, 0.29) is 17.6 Å². The van der Waals surface area contributed by atoms with Gasteiger partial charge in [0, 0.05) is 23.0 Å². The van der Waals surface area contributed by atoms with Crippen molar-refractivity contribution in [1.29, 1.82) is 0 Å². The first kappa shape index (κ1) is 24.1. The van der Waals surface area contributed by atoms with Crippen molar-refractivity contribution in [3.8, 4) is 5.75 Å². The molecular formula is C23H29ClN2O3S. The fourth-order valence-electron chi connectivity index (χ4n) is 2.76. The van der Waals surface area contributed by atoms with E-state index in [1.807, 2.05) is 50.2 Å². The minimum absolute atomic E-state index is 0.107. The number of hydrogen-bond acceptors (Lipinski definition) is 4. The van der Waals surface area contributed by atoms with Gasteiger partial charge in [0.1, 0.15) is 11.8 Å². The van der Waals surface area contributed by atoms with E-state index in [1.165, 1.54) is 11.8 Å². The Labute approximate surface area is 188 Å². The van der Waals surface area contributed by atoms with Gasteiger partial charge in [-0.15, -0.1) is 11.8 Å². The molecule has 1 atom stereocenters. The van der Waals surface area contributed by atoms with E-state index in [0.29, 0.717) is 29.8 Å². The van der Waals surface area contributed by atoms with Crippen LogP contribution in [0.4, 0.5) is 0 Å². The first-order valence-corrected chi connectivity index (χ1v) is 11.2. The lowest BCUT2D eigenvalue weighted by molar-refractivity contribution is -0.138. The molecule has 0 saturated carbocycles. The van der Waals surface area contributed by atoms with E-state index in [1.54, 1.807) is 31.1 Å². The molecule has 2 amide bonds. The van der Waals surface area contributed by atoms with E-state index in [9.17, 15) is 9.59 Å². The van der Waals surface area contributed by atoms with Crippen LogP contribution in [0.3, 0.4) is 0 Å². The maximum Gasteiger partial charge on any atom is 0.242 e. The van der Waals surface area contributed by atoms with Crippen molar-refractivity contribution < 1.29 is 14.3 Å². The third-order valence-electron chi connectivity index (χ3n) is 4.51. The van der Waals surface area contributed by atoms with Crippen LogP contribution in [0.2, 0.25) is 5.02 Å². The quantitative estimate of drug-likeness (QED) is 0.538. The fourth-order valence-corrected chi connectivity index (χ4v) is 3.67. The Morgan fingerprint density at radius 2 is 1.83 bits per heavy atom. The monoisotopic (exact) mass is 448 g/mol. The standard InChI is InChI=1S/C23H29ClN2O3S/c1-16(2)13-25-23(28)17(3)26(14-18-6-5-7-20(12-18)29-4)22(27)15-30-21-10-8-19(24)9-11-21/h5-12,16-17H,13-15H2,1-4H3,(H,25,28)/t17-/m0/s1. The Kier molecular flexibility index (Phi) is 9.53. The van der Waals surface area contributed by atoms with E-state index in [0.717, 1.165) is 10.5 Å². The van der Waals surface area contributed by atoms with Gasteiger partial charge in [0.05, 0.1) is 12.9 Å². The van der Waals surface area contributed by atoms with Crippen LogP contribution >= 0.6 is 23.4 Å². The van der Waals surface area contributed by atoms with E-state index in [2.05, 4.69) is 5.32 Å². The second-order valence-electron chi connectivity index (χ2n) is 7.43. The van der Waals surface area contributed by atoms with Gasteiger partial charge in [0.15, 0.2) is 0 Å². The number of nitrogens with one attached hydrogen (secondary N) is 1. The van der Waals surface area contributed by atoms with Crippen molar-refractivity contribution in [3.63, 3.8) is 0 Å². The number of benzene rings is 2. The summed E-state index contributed by atoms with van der Waals surface area (Å²) < 4.78 is 5.29. The molecule has 0 spiro atoms. The summed E-state index contributed by atoms with van der Waals surface area (Å²) in [5.74, 6) is 1.02. The minimum atomic E-state index is -0.590. The molecule has 0 radical (unpaired) electrons. The van der Waals surface area contributed by atoms with Crippen molar-refractivity contribution in [2.45, 2.75) is 38.3 Å². The maximum absolute atomic E-state index is 13.1. The minimum Gasteiger partial charge on any atom is -0.497 e. The number of halogens is 1. The Bertz CT molecular complexity index is 843. The first-order valence-electron chi connectivity index (χ1n) is 9.88. The molecule has 2 aromatic carbocycles. The number of carbonyl (C=O) groups is 2. The van der Waals surface area contributed by atoms with Crippen LogP contribution < -0.4 is 10.1 Å². The Morgan fingerprint density at radius 1 is 1.13 bits per heavy atom. The lowest BCUT2D eigenvalue weighted by atomic mass is 10.1. The average molecular weight is 449 g/mol. The van der Waals surface area contributed by atoms with Gasteiger partial charge >= 0.3 is 0 Å². The van der Waals surface area contributed by atoms with Crippen molar-refractivity contribution >= 4 is 35.2 Å². The van der Waals surface area contributed by atoms with Gasteiger partial charge in [-0.1, -0.05) is 37.6 Å². The topological polar surface area (TPSA) is 58.6 Å². The highest BCUT2D eigenvalue weighted by Crippen LogP contribution is 2.22. The van der Waals surface area contributed by atoms with Crippen LogP contribution in [0.5, 0.6) is 5.75 Å². The molecular weight excluding hydrogens is 420 g/mol. The molecule has 2 aromatic rings. The highest BCUT2D eigenvalue weighted by Gasteiger charge is 2.26. The van der Waals surface area contributed by atoms with Gasteiger partial charge in [0.25, 0.3) is 0 Å². The average Bonchev–Trinajstić information content (AvgIpc) is 2.74. The molecule has 0 saturated heterocycles. The molecule has 0 aliphatic heterocycles. The number of nitrogens with zero attached hydrogens (tertiary/aromatic N) is 1. The molecule has 0 bridgehead atoms. The molecule has 162 valence electrons. The maximum atomic E-state index is 13.1. The number of rotatable bonds is 10. The number of methoxy groups -OCH3 is 1.